The molecule has 0 aliphatic carbocycles. The minimum atomic E-state index is 0.294. The van der Waals surface area contributed by atoms with E-state index in [1.54, 1.807) is 0 Å². The fourth-order valence-electron chi connectivity index (χ4n) is 2.97. The van der Waals surface area contributed by atoms with E-state index in [1.165, 1.54) is 0 Å². The second kappa shape index (κ2) is 5.34. The minimum absolute atomic E-state index is 0.294. The van der Waals surface area contributed by atoms with E-state index in [-0.39, 0.29) is 0 Å². The van der Waals surface area contributed by atoms with Gasteiger partial charge in [0.2, 0.25) is 0 Å². The summed E-state index contributed by atoms with van der Waals surface area (Å²) in [5.74, 6) is 1.37. The van der Waals surface area contributed by atoms with Crippen molar-refractivity contribution >= 4 is 0 Å². The molecule has 0 heterocycles. The summed E-state index contributed by atoms with van der Waals surface area (Å²) >= 11 is 0. The molecule has 1 nitrogen and oxygen atoms in total. The lowest BCUT2D eigenvalue weighted by atomic mass is 9.75. The van der Waals surface area contributed by atoms with Crippen LogP contribution in [-0.4, -0.2) is 22.5 Å². The summed E-state index contributed by atoms with van der Waals surface area (Å²) in [5, 5.41) is 0. The summed E-state index contributed by atoms with van der Waals surface area (Å²) in [7, 11) is 0. The summed E-state index contributed by atoms with van der Waals surface area (Å²) in [6, 6.07) is 1.22. The predicted molar refractivity (Wildman–Crippen MR) is 70.2 cm³/mol. The normalized spacial score (nSPS) is 14.0. The first-order chi connectivity index (χ1) is 6.65. The highest BCUT2D eigenvalue weighted by atomic mass is 15.2. The lowest BCUT2D eigenvalue weighted by molar-refractivity contribution is -0.0283. The second-order valence-corrected chi connectivity index (χ2v) is 6.13. The maximum atomic E-state index is 2.67. The lowest BCUT2D eigenvalue weighted by Gasteiger charge is -2.52. The third-order valence-electron chi connectivity index (χ3n) is 4.01. The highest BCUT2D eigenvalue weighted by Gasteiger charge is 2.40. The van der Waals surface area contributed by atoms with Gasteiger partial charge >= 0.3 is 0 Å². The van der Waals surface area contributed by atoms with Crippen LogP contribution in [0.3, 0.4) is 0 Å². The average molecular weight is 213 g/mol. The van der Waals surface area contributed by atoms with Crippen molar-refractivity contribution in [2.75, 3.05) is 0 Å². The van der Waals surface area contributed by atoms with Crippen molar-refractivity contribution in [2.24, 2.45) is 11.8 Å². The molecule has 0 radical (unpaired) electrons. The van der Waals surface area contributed by atoms with Gasteiger partial charge in [-0.15, -0.1) is 0 Å². The second-order valence-electron chi connectivity index (χ2n) is 6.13. The molecule has 0 atom stereocenters. The fourth-order valence-corrected chi connectivity index (χ4v) is 2.97. The highest BCUT2D eigenvalue weighted by Crippen LogP contribution is 2.35. The van der Waals surface area contributed by atoms with E-state index in [2.05, 4.69) is 67.2 Å². The Hall–Kier alpha value is -0.0400. The summed E-state index contributed by atoms with van der Waals surface area (Å²) in [6.07, 6.45) is 0. The van der Waals surface area contributed by atoms with Crippen molar-refractivity contribution in [3.63, 3.8) is 0 Å². The van der Waals surface area contributed by atoms with Gasteiger partial charge in [-0.25, -0.2) is 0 Å². The third kappa shape index (κ3) is 2.96. The van der Waals surface area contributed by atoms with Crippen molar-refractivity contribution in [3.8, 4) is 0 Å². The van der Waals surface area contributed by atoms with Crippen molar-refractivity contribution in [2.45, 2.75) is 79.9 Å². The summed E-state index contributed by atoms with van der Waals surface area (Å²) in [4.78, 5) is 2.67. The maximum absolute atomic E-state index is 2.67. The molecule has 0 amide bonds. The lowest BCUT2D eigenvalue weighted by Crippen LogP contribution is -2.59. The molecule has 92 valence electrons. The van der Waals surface area contributed by atoms with E-state index < -0.39 is 0 Å². The Morgan fingerprint density at radius 3 is 1.00 bits per heavy atom. The zero-order valence-electron chi connectivity index (χ0n) is 12.3. The number of hydrogen-bond donors (Lipinski definition) is 0. The van der Waals surface area contributed by atoms with Crippen LogP contribution in [0.2, 0.25) is 0 Å². The van der Waals surface area contributed by atoms with Gasteiger partial charge in [-0.05, 0) is 46.5 Å². The largest absolute Gasteiger partial charge is 0.293 e. The van der Waals surface area contributed by atoms with Crippen LogP contribution < -0.4 is 0 Å². The van der Waals surface area contributed by atoms with Gasteiger partial charge in [0, 0.05) is 17.6 Å². The molecular weight excluding hydrogens is 182 g/mol. The molecule has 0 spiro atoms. The number of rotatable bonds is 5. The van der Waals surface area contributed by atoms with Crippen LogP contribution in [0.15, 0.2) is 0 Å². The van der Waals surface area contributed by atoms with Gasteiger partial charge in [0.05, 0.1) is 0 Å². The molecule has 0 aliphatic rings. The molecule has 0 unspecified atom stereocenters. The Morgan fingerprint density at radius 2 is 0.933 bits per heavy atom. The van der Waals surface area contributed by atoms with Crippen LogP contribution in [0.4, 0.5) is 0 Å². The SMILES string of the molecule is CC(C)N(C(C)C)C(C)(C(C)C)C(C)C. The smallest absolute Gasteiger partial charge is 0.0232 e. The molecule has 15 heavy (non-hydrogen) atoms. The Labute approximate surface area is 97.2 Å². The van der Waals surface area contributed by atoms with E-state index in [9.17, 15) is 0 Å². The summed E-state index contributed by atoms with van der Waals surface area (Å²) in [5.41, 5.74) is 0.294. The molecule has 0 bridgehead atoms. The molecule has 0 rings (SSSR count). The topological polar surface area (TPSA) is 3.24 Å². The Morgan fingerprint density at radius 1 is 0.667 bits per heavy atom. The molecule has 0 aromatic heterocycles. The highest BCUT2D eigenvalue weighted by molar-refractivity contribution is 4.94. The van der Waals surface area contributed by atoms with Gasteiger partial charge < -0.3 is 0 Å². The zero-order chi connectivity index (χ0) is 12.4. The molecule has 0 fully saturated rings. The minimum Gasteiger partial charge on any atom is -0.293 e. The zero-order valence-corrected chi connectivity index (χ0v) is 12.3. The molecule has 0 saturated heterocycles. The first kappa shape index (κ1) is 15.0. The summed E-state index contributed by atoms with van der Waals surface area (Å²) in [6.45, 7) is 21.0. The molecule has 0 saturated carbocycles. The van der Waals surface area contributed by atoms with Crippen molar-refractivity contribution in [1.29, 1.82) is 0 Å². The van der Waals surface area contributed by atoms with Crippen LogP contribution >= 0.6 is 0 Å². The van der Waals surface area contributed by atoms with E-state index in [0.717, 1.165) is 0 Å². The van der Waals surface area contributed by atoms with Crippen LogP contribution in [0.5, 0.6) is 0 Å². The first-order valence-corrected chi connectivity index (χ1v) is 6.44. The molecule has 1 heteroatoms. The third-order valence-corrected chi connectivity index (χ3v) is 4.01. The average Bonchev–Trinajstić information content (AvgIpc) is 2.01. The summed E-state index contributed by atoms with van der Waals surface area (Å²) < 4.78 is 0. The van der Waals surface area contributed by atoms with Gasteiger partial charge in [-0.1, -0.05) is 27.7 Å². The quantitative estimate of drug-likeness (QED) is 0.662. The van der Waals surface area contributed by atoms with Crippen molar-refractivity contribution in [3.05, 3.63) is 0 Å². The molecular formula is C14H31N. The Balaban J connectivity index is 5.19. The maximum Gasteiger partial charge on any atom is 0.0232 e. The van der Waals surface area contributed by atoms with Crippen molar-refractivity contribution in [1.82, 2.24) is 4.90 Å². The van der Waals surface area contributed by atoms with Gasteiger partial charge in [0.25, 0.3) is 0 Å². The molecule has 0 aliphatic heterocycles. The number of hydrogen-bond acceptors (Lipinski definition) is 1. The van der Waals surface area contributed by atoms with E-state index >= 15 is 0 Å². The van der Waals surface area contributed by atoms with E-state index in [0.29, 0.717) is 29.5 Å². The van der Waals surface area contributed by atoms with Gasteiger partial charge in [0.15, 0.2) is 0 Å². The monoisotopic (exact) mass is 213 g/mol. The van der Waals surface area contributed by atoms with Gasteiger partial charge in [-0.3, -0.25) is 4.90 Å². The standard InChI is InChI=1S/C14H31N/c1-10(2)14(9,11(3)4)15(12(5)6)13(7)8/h10-13H,1-9H3. The van der Waals surface area contributed by atoms with E-state index in [4.69, 9.17) is 0 Å². The fraction of sp³-hybridized carbons (Fsp3) is 1.00. The first-order valence-electron chi connectivity index (χ1n) is 6.44. The van der Waals surface area contributed by atoms with Crippen molar-refractivity contribution < 1.29 is 0 Å². The van der Waals surface area contributed by atoms with Crippen LogP contribution in [0, 0.1) is 11.8 Å². The number of nitrogens with zero attached hydrogens (tertiary/aromatic N) is 1. The molecule has 0 aromatic rings. The molecule has 0 N–H and O–H groups in total. The van der Waals surface area contributed by atoms with Crippen LogP contribution in [0.1, 0.15) is 62.3 Å². The van der Waals surface area contributed by atoms with Crippen LogP contribution in [-0.2, 0) is 0 Å². The van der Waals surface area contributed by atoms with E-state index in [1.807, 2.05) is 0 Å². The Bertz CT molecular complexity index is 164. The van der Waals surface area contributed by atoms with Crippen LogP contribution in [0.25, 0.3) is 0 Å². The predicted octanol–water partition coefficient (Wildman–Crippen LogP) is 4.18. The Kier molecular flexibility index (Phi) is 5.32. The van der Waals surface area contributed by atoms with Gasteiger partial charge in [-0.2, -0.15) is 0 Å². The molecule has 0 aromatic carbocycles. The van der Waals surface area contributed by atoms with Gasteiger partial charge in [0.1, 0.15) is 0 Å².